The molecule has 0 saturated carbocycles. The molecule has 0 radical (unpaired) electrons. The molecule has 0 aliphatic heterocycles. The molecule has 0 aliphatic rings. The summed E-state index contributed by atoms with van der Waals surface area (Å²) in [6, 6.07) is 5.97. The highest BCUT2D eigenvalue weighted by atomic mass is 32.2. The van der Waals surface area contributed by atoms with Crippen LogP contribution in [0.5, 0.6) is 0 Å². The highest BCUT2D eigenvalue weighted by Crippen LogP contribution is 2.25. The summed E-state index contributed by atoms with van der Waals surface area (Å²) < 4.78 is 23.9. The number of nitrogens with zero attached hydrogens (tertiary/aromatic N) is 1. The second kappa shape index (κ2) is 4.90. The van der Waals surface area contributed by atoms with E-state index in [1.807, 2.05) is 0 Å². The molecule has 0 heterocycles. The van der Waals surface area contributed by atoms with E-state index in [1.54, 1.807) is 6.07 Å². The van der Waals surface area contributed by atoms with E-state index in [1.165, 1.54) is 18.2 Å². The van der Waals surface area contributed by atoms with Gasteiger partial charge in [-0.2, -0.15) is 8.78 Å². The van der Waals surface area contributed by atoms with Crippen LogP contribution in [0.4, 0.5) is 8.78 Å². The minimum atomic E-state index is -2.50. The molecule has 0 spiro atoms. The molecule has 0 N–H and O–H groups in total. The van der Waals surface area contributed by atoms with Gasteiger partial charge in [0.15, 0.2) is 0 Å². The van der Waals surface area contributed by atoms with Gasteiger partial charge in [-0.1, -0.05) is 23.9 Å². The van der Waals surface area contributed by atoms with E-state index in [0.717, 1.165) is 0 Å². The number of rotatable bonds is 4. The Labute approximate surface area is 83.3 Å². The van der Waals surface area contributed by atoms with Crippen molar-refractivity contribution in [3.8, 4) is 0 Å². The van der Waals surface area contributed by atoms with Gasteiger partial charge in [0.25, 0.3) is 5.76 Å². The molecule has 0 fully saturated rings. The molecule has 0 amide bonds. The van der Waals surface area contributed by atoms with Crippen LogP contribution in [0, 0.1) is 10.1 Å². The van der Waals surface area contributed by atoms with E-state index >= 15 is 0 Å². The number of thioether (sulfide) groups is 1. The van der Waals surface area contributed by atoms with Crippen molar-refractivity contribution in [3.63, 3.8) is 0 Å². The van der Waals surface area contributed by atoms with Crippen molar-refractivity contribution >= 4 is 11.8 Å². The van der Waals surface area contributed by atoms with E-state index in [-0.39, 0.29) is 6.54 Å². The predicted octanol–water partition coefficient (Wildman–Crippen LogP) is 2.78. The lowest BCUT2D eigenvalue weighted by Gasteiger charge is -2.00. The fourth-order valence-electron chi connectivity index (χ4n) is 0.969. The fourth-order valence-corrected chi connectivity index (χ4v) is 1.55. The third kappa shape index (κ3) is 3.69. The molecule has 1 rings (SSSR count). The third-order valence-corrected chi connectivity index (χ3v) is 2.14. The topological polar surface area (TPSA) is 43.1 Å². The van der Waals surface area contributed by atoms with Crippen molar-refractivity contribution < 1.29 is 13.7 Å². The zero-order chi connectivity index (χ0) is 10.6. The summed E-state index contributed by atoms with van der Waals surface area (Å²) in [7, 11) is 0. The lowest BCUT2D eigenvalue weighted by molar-refractivity contribution is -0.496. The van der Waals surface area contributed by atoms with Gasteiger partial charge in [0.05, 0.1) is 0 Å². The van der Waals surface area contributed by atoms with Crippen LogP contribution in [0.1, 0.15) is 5.56 Å². The number of halogens is 2. The maximum absolute atomic E-state index is 11.9. The van der Waals surface area contributed by atoms with E-state index in [9.17, 15) is 18.9 Å². The SMILES string of the molecule is O=[N+]([O-])Cc1cccc(SC(F)F)c1. The molecule has 0 bridgehead atoms. The van der Waals surface area contributed by atoms with Crippen LogP contribution in [0.3, 0.4) is 0 Å². The Balaban J connectivity index is 2.73. The maximum Gasteiger partial charge on any atom is 0.288 e. The first-order chi connectivity index (χ1) is 6.58. The van der Waals surface area contributed by atoms with Crippen molar-refractivity contribution in [3.05, 3.63) is 39.9 Å². The quantitative estimate of drug-likeness (QED) is 0.444. The highest BCUT2D eigenvalue weighted by molar-refractivity contribution is 7.99. The summed E-state index contributed by atoms with van der Waals surface area (Å²) in [6.07, 6.45) is 0. The molecule has 1 aromatic carbocycles. The van der Waals surface area contributed by atoms with Gasteiger partial charge < -0.3 is 0 Å². The first-order valence-corrected chi connectivity index (χ1v) is 4.61. The van der Waals surface area contributed by atoms with Crippen LogP contribution < -0.4 is 0 Å². The Morgan fingerprint density at radius 1 is 1.50 bits per heavy atom. The number of hydrogen-bond donors (Lipinski definition) is 0. The van der Waals surface area contributed by atoms with Crippen LogP contribution in [-0.2, 0) is 6.54 Å². The fraction of sp³-hybridized carbons (Fsp3) is 0.250. The van der Waals surface area contributed by atoms with Crippen LogP contribution >= 0.6 is 11.8 Å². The van der Waals surface area contributed by atoms with Crippen molar-refractivity contribution in [2.45, 2.75) is 17.2 Å². The van der Waals surface area contributed by atoms with Crippen LogP contribution in [0.2, 0.25) is 0 Å². The molecule has 6 heteroatoms. The highest BCUT2D eigenvalue weighted by Gasteiger charge is 2.07. The van der Waals surface area contributed by atoms with Crippen LogP contribution in [0.15, 0.2) is 29.2 Å². The van der Waals surface area contributed by atoms with E-state index in [4.69, 9.17) is 0 Å². The Morgan fingerprint density at radius 3 is 2.79 bits per heavy atom. The molecule has 0 atom stereocenters. The molecule has 0 aromatic heterocycles. The molecule has 14 heavy (non-hydrogen) atoms. The number of alkyl halides is 2. The minimum absolute atomic E-state index is 0.336. The molecule has 0 unspecified atom stereocenters. The molecule has 3 nitrogen and oxygen atoms in total. The third-order valence-electron chi connectivity index (χ3n) is 1.44. The standard InChI is InChI=1S/C8H7F2NO2S/c9-8(10)14-7-3-1-2-6(4-7)5-11(12)13/h1-4,8H,5H2. The maximum atomic E-state index is 11.9. The summed E-state index contributed by atoms with van der Waals surface area (Å²) in [5, 5.41) is 10.2. The van der Waals surface area contributed by atoms with Crippen molar-refractivity contribution in [1.29, 1.82) is 0 Å². The van der Waals surface area contributed by atoms with Gasteiger partial charge >= 0.3 is 0 Å². The van der Waals surface area contributed by atoms with Gasteiger partial charge in [0.2, 0.25) is 6.54 Å². The Hall–Kier alpha value is -1.17. The average molecular weight is 219 g/mol. The molecule has 0 aliphatic carbocycles. The molecule has 76 valence electrons. The smallest absolute Gasteiger partial charge is 0.264 e. The summed E-state index contributed by atoms with van der Waals surface area (Å²) in [5.41, 5.74) is 0.431. The molecule has 1 aromatic rings. The minimum Gasteiger partial charge on any atom is -0.264 e. The summed E-state index contributed by atoms with van der Waals surface area (Å²) in [6.45, 7) is -0.336. The van der Waals surface area contributed by atoms with Gasteiger partial charge in [-0.3, -0.25) is 10.1 Å². The zero-order valence-electron chi connectivity index (χ0n) is 7.02. The normalized spacial score (nSPS) is 10.5. The molecular formula is C8H7F2NO2S. The lowest BCUT2D eigenvalue weighted by atomic mass is 10.2. The van der Waals surface area contributed by atoms with Gasteiger partial charge in [-0.25, -0.2) is 0 Å². The van der Waals surface area contributed by atoms with E-state index in [0.29, 0.717) is 22.2 Å². The first-order valence-electron chi connectivity index (χ1n) is 3.73. The molecule has 0 saturated heterocycles. The summed E-state index contributed by atoms with van der Waals surface area (Å²) in [4.78, 5) is 10.0. The summed E-state index contributed by atoms with van der Waals surface area (Å²) in [5.74, 6) is -2.50. The van der Waals surface area contributed by atoms with E-state index in [2.05, 4.69) is 0 Å². The Bertz CT molecular complexity index is 333. The molecular weight excluding hydrogens is 212 g/mol. The Kier molecular flexibility index (Phi) is 3.82. The van der Waals surface area contributed by atoms with Crippen molar-refractivity contribution in [1.82, 2.24) is 0 Å². The summed E-state index contributed by atoms with van der Waals surface area (Å²) >= 11 is 0.384. The first kappa shape index (κ1) is 10.9. The number of nitro groups is 1. The second-order valence-corrected chi connectivity index (χ2v) is 3.58. The number of hydrogen-bond acceptors (Lipinski definition) is 3. The average Bonchev–Trinajstić information content (AvgIpc) is 2.01. The monoisotopic (exact) mass is 219 g/mol. The van der Waals surface area contributed by atoms with Gasteiger partial charge in [-0.15, -0.1) is 0 Å². The van der Waals surface area contributed by atoms with Crippen LogP contribution in [-0.4, -0.2) is 10.7 Å². The zero-order valence-corrected chi connectivity index (χ0v) is 7.84. The number of benzene rings is 1. The van der Waals surface area contributed by atoms with Gasteiger partial charge in [0.1, 0.15) is 0 Å². The van der Waals surface area contributed by atoms with E-state index < -0.39 is 10.7 Å². The van der Waals surface area contributed by atoms with Gasteiger partial charge in [-0.05, 0) is 12.1 Å². The van der Waals surface area contributed by atoms with Crippen molar-refractivity contribution in [2.24, 2.45) is 0 Å². The predicted molar refractivity (Wildman–Crippen MR) is 49.0 cm³/mol. The largest absolute Gasteiger partial charge is 0.288 e. The lowest BCUT2D eigenvalue weighted by Crippen LogP contribution is -1.97. The van der Waals surface area contributed by atoms with Crippen molar-refractivity contribution in [2.75, 3.05) is 0 Å². The Morgan fingerprint density at radius 2 is 2.21 bits per heavy atom. The second-order valence-electron chi connectivity index (χ2n) is 2.52. The van der Waals surface area contributed by atoms with Gasteiger partial charge in [0, 0.05) is 15.4 Å². The van der Waals surface area contributed by atoms with Crippen LogP contribution in [0.25, 0.3) is 0 Å².